The van der Waals surface area contributed by atoms with E-state index < -0.39 is 0 Å². The quantitative estimate of drug-likeness (QED) is 0.724. The van der Waals surface area contributed by atoms with E-state index in [0.29, 0.717) is 25.0 Å². The minimum Gasteiger partial charge on any atom is -0.380 e. The Kier molecular flexibility index (Phi) is 5.46. The fraction of sp³-hybridized carbons (Fsp3) is 0.455. The van der Waals surface area contributed by atoms with Gasteiger partial charge in [0.05, 0.1) is 25.4 Å². The molecule has 0 amide bonds. The van der Waals surface area contributed by atoms with Gasteiger partial charge in [-0.3, -0.25) is 0 Å². The van der Waals surface area contributed by atoms with E-state index in [-0.39, 0.29) is 12.2 Å². The normalized spacial score (nSPS) is 24.8. The Bertz CT molecular complexity index is 577. The van der Waals surface area contributed by atoms with Crippen molar-refractivity contribution in [3.63, 3.8) is 0 Å². The van der Waals surface area contributed by atoms with Gasteiger partial charge in [0, 0.05) is 25.0 Å². The zero-order chi connectivity index (χ0) is 16.9. The van der Waals surface area contributed by atoms with Gasteiger partial charge in [-0.15, -0.1) is 0 Å². The first-order valence-electron chi connectivity index (χ1n) is 9.32. The van der Waals surface area contributed by atoms with Gasteiger partial charge in [-0.25, -0.2) is 0 Å². The maximum absolute atomic E-state index is 6.22. The Balaban J connectivity index is 1.40. The molecule has 132 valence electrons. The molecule has 4 rings (SSSR count). The number of hydrogen-bond donors (Lipinski definition) is 0. The van der Waals surface area contributed by atoms with Crippen molar-refractivity contribution in [3.8, 4) is 0 Å². The fourth-order valence-electron chi connectivity index (χ4n) is 3.70. The van der Waals surface area contributed by atoms with E-state index in [2.05, 4.69) is 60.7 Å². The van der Waals surface area contributed by atoms with E-state index in [4.69, 9.17) is 14.2 Å². The maximum Gasteiger partial charge on any atom is 0.0687 e. The van der Waals surface area contributed by atoms with Crippen LogP contribution in [0.2, 0.25) is 0 Å². The summed E-state index contributed by atoms with van der Waals surface area (Å²) >= 11 is 0. The molecule has 0 aromatic heterocycles. The maximum atomic E-state index is 6.22. The van der Waals surface area contributed by atoms with Crippen molar-refractivity contribution in [2.45, 2.75) is 36.9 Å². The average Bonchev–Trinajstić information content (AvgIpc) is 2.58. The molecule has 0 spiro atoms. The van der Waals surface area contributed by atoms with E-state index >= 15 is 0 Å². The molecule has 2 aromatic carbocycles. The van der Waals surface area contributed by atoms with Crippen molar-refractivity contribution in [1.29, 1.82) is 0 Å². The van der Waals surface area contributed by atoms with E-state index in [1.54, 1.807) is 0 Å². The Hall–Kier alpha value is -1.68. The van der Waals surface area contributed by atoms with Crippen LogP contribution in [0.4, 0.5) is 0 Å². The van der Waals surface area contributed by atoms with Gasteiger partial charge < -0.3 is 14.2 Å². The summed E-state index contributed by atoms with van der Waals surface area (Å²) in [5.74, 6) is 0.627. The molecule has 2 aliphatic rings. The standard InChI is InChI=1S/C22H26O3/c1-3-7-17(8-4-1)19(21-11-13-24-21)15-23-16-20(22-12-14-25-22)18-9-5-2-6-10-18/h1-10,19-22H,11-16H2. The van der Waals surface area contributed by atoms with Gasteiger partial charge >= 0.3 is 0 Å². The molecule has 25 heavy (non-hydrogen) atoms. The highest BCUT2D eigenvalue weighted by molar-refractivity contribution is 5.23. The first-order valence-corrected chi connectivity index (χ1v) is 9.32. The van der Waals surface area contributed by atoms with Crippen molar-refractivity contribution in [2.75, 3.05) is 26.4 Å². The van der Waals surface area contributed by atoms with Crippen LogP contribution >= 0.6 is 0 Å². The summed E-state index contributed by atoms with van der Waals surface area (Å²) in [6.45, 7) is 3.14. The summed E-state index contributed by atoms with van der Waals surface area (Å²) in [6, 6.07) is 21.2. The molecule has 0 N–H and O–H groups in total. The third-order valence-corrected chi connectivity index (χ3v) is 5.42. The monoisotopic (exact) mass is 338 g/mol. The summed E-state index contributed by atoms with van der Waals surface area (Å²) in [7, 11) is 0. The lowest BCUT2D eigenvalue weighted by Gasteiger charge is -2.36. The lowest BCUT2D eigenvalue weighted by Crippen LogP contribution is -2.38. The zero-order valence-electron chi connectivity index (χ0n) is 14.6. The Labute approximate surface area is 149 Å². The number of rotatable bonds is 8. The van der Waals surface area contributed by atoms with Gasteiger partial charge in [-0.2, -0.15) is 0 Å². The minimum absolute atomic E-state index is 0.289. The number of hydrogen-bond acceptors (Lipinski definition) is 3. The molecule has 2 fully saturated rings. The van der Waals surface area contributed by atoms with Crippen molar-refractivity contribution in [1.82, 2.24) is 0 Å². The molecular weight excluding hydrogens is 312 g/mol. The van der Waals surface area contributed by atoms with Crippen LogP contribution in [0, 0.1) is 0 Å². The SMILES string of the molecule is c1ccc(C(COCC(c2ccccc2)C2CCO2)C2CCO2)cc1. The molecule has 4 atom stereocenters. The molecule has 0 bridgehead atoms. The lowest BCUT2D eigenvalue weighted by atomic mass is 9.89. The molecule has 0 aliphatic carbocycles. The van der Waals surface area contributed by atoms with Crippen molar-refractivity contribution in [3.05, 3.63) is 71.8 Å². The molecular formula is C22H26O3. The predicted octanol–water partition coefficient (Wildman–Crippen LogP) is 4.15. The second kappa shape index (κ2) is 8.13. The molecule has 2 aliphatic heterocycles. The van der Waals surface area contributed by atoms with Gasteiger partial charge in [-0.1, -0.05) is 60.7 Å². The molecule has 3 nitrogen and oxygen atoms in total. The second-order valence-electron chi connectivity index (χ2n) is 6.97. The van der Waals surface area contributed by atoms with E-state index in [9.17, 15) is 0 Å². The Morgan fingerprint density at radius 2 is 1.12 bits per heavy atom. The molecule has 0 saturated carbocycles. The van der Waals surface area contributed by atoms with Crippen LogP contribution in [-0.2, 0) is 14.2 Å². The van der Waals surface area contributed by atoms with Crippen LogP contribution in [0.15, 0.2) is 60.7 Å². The summed E-state index contributed by atoms with van der Waals surface area (Å²) in [5.41, 5.74) is 2.62. The fourth-order valence-corrected chi connectivity index (χ4v) is 3.70. The van der Waals surface area contributed by atoms with Crippen LogP contribution in [-0.4, -0.2) is 38.6 Å². The number of benzene rings is 2. The third-order valence-electron chi connectivity index (χ3n) is 5.42. The molecule has 4 unspecified atom stereocenters. The van der Waals surface area contributed by atoms with E-state index in [0.717, 1.165) is 26.1 Å². The molecule has 2 heterocycles. The molecule has 2 aromatic rings. The predicted molar refractivity (Wildman–Crippen MR) is 97.9 cm³/mol. The summed E-state index contributed by atoms with van der Waals surface area (Å²) in [4.78, 5) is 0. The average molecular weight is 338 g/mol. The molecule has 0 radical (unpaired) electrons. The zero-order valence-corrected chi connectivity index (χ0v) is 14.6. The minimum atomic E-state index is 0.289. The molecule has 3 heteroatoms. The first-order chi connectivity index (χ1) is 12.4. The van der Waals surface area contributed by atoms with Gasteiger partial charge in [0.1, 0.15) is 0 Å². The Morgan fingerprint density at radius 3 is 1.44 bits per heavy atom. The second-order valence-corrected chi connectivity index (χ2v) is 6.97. The van der Waals surface area contributed by atoms with Crippen molar-refractivity contribution < 1.29 is 14.2 Å². The van der Waals surface area contributed by atoms with Crippen LogP contribution < -0.4 is 0 Å². The highest BCUT2D eigenvalue weighted by Crippen LogP contribution is 2.32. The molecule has 2 saturated heterocycles. The number of ether oxygens (including phenoxy) is 3. The van der Waals surface area contributed by atoms with Gasteiger partial charge in [-0.05, 0) is 24.0 Å². The summed E-state index contributed by atoms with van der Waals surface area (Å²) in [5, 5.41) is 0. The smallest absolute Gasteiger partial charge is 0.0687 e. The van der Waals surface area contributed by atoms with Crippen molar-refractivity contribution >= 4 is 0 Å². The largest absolute Gasteiger partial charge is 0.380 e. The van der Waals surface area contributed by atoms with E-state index in [1.165, 1.54) is 11.1 Å². The van der Waals surface area contributed by atoms with Crippen LogP contribution in [0.1, 0.15) is 35.8 Å². The van der Waals surface area contributed by atoms with Crippen molar-refractivity contribution in [2.24, 2.45) is 0 Å². The Morgan fingerprint density at radius 1 is 0.720 bits per heavy atom. The summed E-state index contributed by atoms with van der Waals surface area (Å²) < 4.78 is 17.7. The van der Waals surface area contributed by atoms with E-state index in [1.807, 2.05) is 0 Å². The third kappa shape index (κ3) is 3.95. The van der Waals surface area contributed by atoms with Gasteiger partial charge in [0.15, 0.2) is 0 Å². The van der Waals surface area contributed by atoms with Crippen LogP contribution in [0.5, 0.6) is 0 Å². The highest BCUT2D eigenvalue weighted by atomic mass is 16.5. The van der Waals surface area contributed by atoms with Gasteiger partial charge in [0.2, 0.25) is 0 Å². The van der Waals surface area contributed by atoms with Gasteiger partial charge in [0.25, 0.3) is 0 Å². The summed E-state index contributed by atoms with van der Waals surface area (Å²) in [6.07, 6.45) is 2.82. The van der Waals surface area contributed by atoms with Crippen LogP contribution in [0.25, 0.3) is 0 Å². The lowest BCUT2D eigenvalue weighted by molar-refractivity contribution is -0.0964. The first kappa shape index (κ1) is 16.8. The van der Waals surface area contributed by atoms with Crippen LogP contribution in [0.3, 0.4) is 0 Å². The highest BCUT2D eigenvalue weighted by Gasteiger charge is 2.32. The topological polar surface area (TPSA) is 27.7 Å².